The maximum atomic E-state index is 12.9. The quantitative estimate of drug-likeness (QED) is 0.0176. The van der Waals surface area contributed by atoms with Gasteiger partial charge in [-0.05, 0) is 102 Å². The molecule has 1 aromatic rings. The number of unbranched alkanes of at least 4 members (excludes halogenated alkanes) is 6. The number of nitrogens with two attached hydrogens (primary N) is 1. The van der Waals surface area contributed by atoms with E-state index in [0.29, 0.717) is 19.3 Å². The summed E-state index contributed by atoms with van der Waals surface area (Å²) in [5, 5.41) is 20.9. The molecule has 3 unspecified atom stereocenters. The lowest BCUT2D eigenvalue weighted by atomic mass is 10.1. The van der Waals surface area contributed by atoms with Crippen LogP contribution in [0, 0.1) is 0 Å². The largest absolute Gasteiger partial charge is 0.481 e. The van der Waals surface area contributed by atoms with Crippen molar-refractivity contribution in [3.05, 3.63) is 144 Å². The van der Waals surface area contributed by atoms with Crippen LogP contribution in [0.4, 0.5) is 5.82 Å². The van der Waals surface area contributed by atoms with Crippen LogP contribution in [0.15, 0.2) is 139 Å². The molecule has 18 nitrogen and oxygen atoms in total. The molecule has 7 atom stereocenters. The first kappa shape index (κ1) is 67.3. The van der Waals surface area contributed by atoms with Crippen LogP contribution in [0.2, 0.25) is 0 Å². The Labute approximate surface area is 450 Å². The minimum atomic E-state index is -5.46. The van der Waals surface area contributed by atoms with Crippen molar-refractivity contribution in [1.29, 1.82) is 0 Å². The first-order chi connectivity index (χ1) is 36.7. The maximum absolute atomic E-state index is 12.9. The Morgan fingerprint density at radius 3 is 1.64 bits per heavy atom. The fraction of sp³-hybridized carbons (Fsp3) is 0.536. The van der Waals surface area contributed by atoms with Gasteiger partial charge in [0.15, 0.2) is 12.3 Å². The van der Waals surface area contributed by atoms with Crippen LogP contribution in [0.5, 0.6) is 0 Å². The molecule has 2 rings (SSSR count). The molecule has 1 fully saturated rings. The number of aromatic nitrogens is 2. The molecule has 1 aliphatic heterocycles. The first-order valence-electron chi connectivity index (χ1n) is 26.5. The molecule has 0 amide bonds. The molecule has 1 aliphatic rings. The van der Waals surface area contributed by atoms with Gasteiger partial charge in [-0.25, -0.2) is 13.9 Å². The van der Waals surface area contributed by atoms with Crippen molar-refractivity contribution in [3.63, 3.8) is 0 Å². The summed E-state index contributed by atoms with van der Waals surface area (Å²) in [5.41, 5.74) is 4.58. The molecule has 0 bridgehead atoms. The normalized spacial score (nSPS) is 19.7. The summed E-state index contributed by atoms with van der Waals surface area (Å²) in [7, 11) is -10.9. The van der Waals surface area contributed by atoms with Crippen molar-refractivity contribution in [1.82, 2.24) is 9.55 Å². The van der Waals surface area contributed by atoms with Crippen molar-refractivity contribution >= 4 is 33.4 Å². The number of anilines is 1. The van der Waals surface area contributed by atoms with Gasteiger partial charge in [0.05, 0.1) is 13.2 Å². The second kappa shape index (κ2) is 42.2. The number of nitrogens with zero attached hydrogens (tertiary/aromatic N) is 2. The van der Waals surface area contributed by atoms with Crippen molar-refractivity contribution in [2.24, 2.45) is 0 Å². The van der Waals surface area contributed by atoms with Gasteiger partial charge >= 0.3 is 33.3 Å². The monoisotopic (exact) mass is 1100 g/mol. The topological polar surface area (TPSA) is 265 Å². The van der Waals surface area contributed by atoms with Gasteiger partial charge in [0.2, 0.25) is 0 Å². The van der Waals surface area contributed by atoms with E-state index >= 15 is 0 Å². The molecule has 1 saturated heterocycles. The molecule has 0 spiro atoms. The van der Waals surface area contributed by atoms with E-state index in [1.807, 2.05) is 18.2 Å². The van der Waals surface area contributed by atoms with Gasteiger partial charge in [0, 0.05) is 19.0 Å². The van der Waals surface area contributed by atoms with E-state index in [-0.39, 0.29) is 18.7 Å². The van der Waals surface area contributed by atoms with Crippen LogP contribution in [-0.4, -0.2) is 85.7 Å². The van der Waals surface area contributed by atoms with Gasteiger partial charge in [0.1, 0.15) is 30.7 Å². The zero-order chi connectivity index (χ0) is 55.5. The molecule has 0 aliphatic carbocycles. The van der Waals surface area contributed by atoms with Crippen LogP contribution >= 0.6 is 15.6 Å². The van der Waals surface area contributed by atoms with Crippen LogP contribution < -0.4 is 11.4 Å². The molecule has 2 heterocycles. The average molecular weight is 1100 g/mol. The number of nitrogen functional groups attached to an aromatic ring is 1. The zero-order valence-corrected chi connectivity index (χ0v) is 46.3. The Hall–Kier alpha value is -4.84. The Morgan fingerprint density at radius 2 is 1.13 bits per heavy atom. The molecule has 0 radical (unpaired) electrons. The van der Waals surface area contributed by atoms with Gasteiger partial charge < -0.3 is 39.9 Å². The number of esters is 2. The highest BCUT2D eigenvalue weighted by Gasteiger charge is 2.46. The molecule has 1 aromatic heterocycles. The predicted molar refractivity (Wildman–Crippen MR) is 297 cm³/mol. The lowest BCUT2D eigenvalue weighted by Crippen LogP contribution is -2.36. The number of phosphoric acid groups is 2. The molecule has 6 N–H and O–H groups in total. The molecule has 20 heteroatoms. The number of allylic oxidation sites excluding steroid dienone is 20. The van der Waals surface area contributed by atoms with Crippen molar-refractivity contribution in [3.8, 4) is 0 Å². The Morgan fingerprint density at radius 1 is 0.645 bits per heavy atom. The third-order valence-electron chi connectivity index (χ3n) is 11.0. The predicted octanol–water partition coefficient (Wildman–Crippen LogP) is 11.6. The van der Waals surface area contributed by atoms with Gasteiger partial charge in [-0.1, -0.05) is 155 Å². The summed E-state index contributed by atoms with van der Waals surface area (Å²) in [6.45, 7) is 1.90. The lowest BCUT2D eigenvalue weighted by Gasteiger charge is -2.21. The SMILES string of the molecule is CC/C=C\C/C=C\C/C=C\C/C=C\C/C=C\CCCCCC(=O)OC[C@H](COP(=O)(O)OP(=O)(O)OC[C@H]1O[C@@H](n2ccc(N)nc2=O)C(O)[C@H]1O)OC(=O)CC/C=C\C/C=C\C/C=C\C/C=C\C/C=C\CCCCC. The fourth-order valence-corrected chi connectivity index (χ4v) is 9.08. The average Bonchev–Trinajstić information content (AvgIpc) is 3.66. The van der Waals surface area contributed by atoms with Gasteiger partial charge in [-0.2, -0.15) is 9.29 Å². The molecule has 0 aromatic carbocycles. The Balaban J connectivity index is 1.84. The molecule has 0 saturated carbocycles. The molecular weight excluding hydrogens is 1020 g/mol. The summed E-state index contributed by atoms with van der Waals surface area (Å²) in [6, 6.07) is 1.24. The number of rotatable bonds is 42. The third kappa shape index (κ3) is 34.0. The number of hydrogen-bond acceptors (Lipinski definition) is 15. The highest BCUT2D eigenvalue weighted by atomic mass is 31.3. The van der Waals surface area contributed by atoms with E-state index in [9.17, 15) is 43.5 Å². The number of carbonyl (C=O) groups excluding carboxylic acids is 2. The second-order valence-corrected chi connectivity index (χ2v) is 20.7. The van der Waals surface area contributed by atoms with E-state index in [0.717, 1.165) is 87.8 Å². The number of aliphatic hydroxyl groups excluding tert-OH is 2. The van der Waals surface area contributed by atoms with E-state index < -0.39 is 83.7 Å². The fourth-order valence-electron chi connectivity index (χ4n) is 6.97. The number of hydrogen-bond donors (Lipinski definition) is 5. The molecular formula is C56H85N3O15P2. The Kier molecular flexibility index (Phi) is 37.4. The van der Waals surface area contributed by atoms with E-state index in [1.54, 1.807) is 6.08 Å². The Bertz CT molecular complexity index is 2250. The highest BCUT2D eigenvalue weighted by Crippen LogP contribution is 2.60. The van der Waals surface area contributed by atoms with Gasteiger partial charge in [-0.15, -0.1) is 0 Å². The summed E-state index contributed by atoms with van der Waals surface area (Å²) >= 11 is 0. The van der Waals surface area contributed by atoms with Crippen LogP contribution in [0.1, 0.15) is 148 Å². The lowest BCUT2D eigenvalue weighted by molar-refractivity contribution is -0.161. The van der Waals surface area contributed by atoms with Gasteiger partial charge in [-0.3, -0.25) is 23.2 Å². The van der Waals surface area contributed by atoms with Crippen LogP contribution in [-0.2, 0) is 46.3 Å². The van der Waals surface area contributed by atoms with E-state index in [1.165, 1.54) is 25.3 Å². The summed E-state index contributed by atoms with van der Waals surface area (Å²) < 4.78 is 56.7. The summed E-state index contributed by atoms with van der Waals surface area (Å²) in [4.78, 5) is 62.0. The number of carbonyl (C=O) groups is 2. The zero-order valence-electron chi connectivity index (χ0n) is 44.5. The van der Waals surface area contributed by atoms with Crippen LogP contribution in [0.3, 0.4) is 0 Å². The molecule has 76 heavy (non-hydrogen) atoms. The number of aliphatic hydroxyl groups is 2. The van der Waals surface area contributed by atoms with E-state index in [2.05, 4.69) is 120 Å². The minimum absolute atomic E-state index is 0.0643. The smallest absolute Gasteiger partial charge is 0.462 e. The van der Waals surface area contributed by atoms with Crippen molar-refractivity contribution in [2.75, 3.05) is 25.6 Å². The summed E-state index contributed by atoms with van der Waals surface area (Å²) in [6.07, 6.45) is 51.4. The maximum Gasteiger partial charge on any atom is 0.481 e. The third-order valence-corrected chi connectivity index (χ3v) is 13.6. The highest BCUT2D eigenvalue weighted by molar-refractivity contribution is 7.61. The summed E-state index contributed by atoms with van der Waals surface area (Å²) in [5.74, 6) is -1.45. The minimum Gasteiger partial charge on any atom is -0.462 e. The number of phosphoric ester groups is 2. The van der Waals surface area contributed by atoms with Gasteiger partial charge in [0.25, 0.3) is 0 Å². The number of ether oxygens (including phenoxy) is 3. The first-order valence-corrected chi connectivity index (χ1v) is 29.5. The van der Waals surface area contributed by atoms with Crippen molar-refractivity contribution in [2.45, 2.75) is 173 Å². The van der Waals surface area contributed by atoms with Crippen molar-refractivity contribution < 1.29 is 66.3 Å². The standard InChI is InChI=1S/C56H85N3O15P2/c1-3-5-7-9-11-13-15-17-19-21-23-25-27-29-31-33-35-37-39-41-51(60)69-45-48(72-52(61)42-40-38-36-34-32-30-28-26-24-22-20-18-16-14-12-10-8-6-4-2)46-70-75(65,66)74-76(67,68)71-47-49-53(62)54(63)55(73-49)59-44-43-50(57)58-56(59)64/h5,7,11-14,17-20,23-26,29-32,36,38,43-44,48-49,53-55,62-63H,3-4,6,8-10,15-16,21-22,27-28,33-35,37,39-42,45-47H2,1-2H3,(H,65,66)(H,67,68)(H2,57,58,64)/b7-5-,13-11-,14-12-,19-17-,20-18-,25-23-,26-24-,31-29-,32-30-,38-36-/t48-,49-,53+,54?,55-/m1/s1. The van der Waals surface area contributed by atoms with E-state index in [4.69, 9.17) is 29.0 Å². The molecule has 424 valence electrons. The second-order valence-electron chi connectivity index (χ2n) is 17.6. The van der Waals surface area contributed by atoms with Crippen LogP contribution in [0.25, 0.3) is 0 Å².